The molecule has 5 rings (SSSR count). The number of epoxide rings is 1. The number of amides is 1. The van der Waals surface area contributed by atoms with E-state index in [1.165, 1.54) is 24.3 Å². The van der Waals surface area contributed by atoms with Gasteiger partial charge in [0.1, 0.15) is 23.2 Å². The van der Waals surface area contributed by atoms with Gasteiger partial charge >= 0.3 is 5.63 Å². The Morgan fingerprint density at radius 1 is 1.21 bits per heavy atom. The van der Waals surface area contributed by atoms with Crippen LogP contribution in [-0.4, -0.2) is 45.5 Å². The fourth-order valence-corrected chi connectivity index (χ4v) is 4.58. The van der Waals surface area contributed by atoms with Crippen LogP contribution in [0.3, 0.4) is 0 Å². The summed E-state index contributed by atoms with van der Waals surface area (Å²) in [5, 5.41) is 33.8. The van der Waals surface area contributed by atoms with Crippen LogP contribution in [0.2, 0.25) is 0 Å². The number of anilines is 1. The van der Waals surface area contributed by atoms with Crippen LogP contribution in [0.1, 0.15) is 48.7 Å². The van der Waals surface area contributed by atoms with Gasteiger partial charge in [0, 0.05) is 17.5 Å². The first-order chi connectivity index (χ1) is 18.0. The van der Waals surface area contributed by atoms with Gasteiger partial charge in [-0.05, 0) is 70.0 Å². The number of phenolic OH excluding ortho intramolecular Hbond substituents is 1. The van der Waals surface area contributed by atoms with Gasteiger partial charge in [0.2, 0.25) is 6.29 Å². The number of hydrogen-bond acceptors (Lipinski definition) is 9. The number of rotatable bonds is 6. The van der Waals surface area contributed by atoms with Gasteiger partial charge in [-0.3, -0.25) is 4.79 Å². The number of benzene rings is 2. The molecule has 0 bridgehead atoms. The number of aliphatic hydroxyl groups is 1. The van der Waals surface area contributed by atoms with Crippen molar-refractivity contribution in [3.05, 3.63) is 69.1 Å². The smallest absolute Gasteiger partial charge is 0.364 e. The molecule has 2 saturated heterocycles. The zero-order valence-corrected chi connectivity index (χ0v) is 21.4. The van der Waals surface area contributed by atoms with Crippen LogP contribution in [0.25, 0.3) is 11.0 Å². The molecule has 10 nitrogen and oxygen atoms in total. The maximum absolute atomic E-state index is 12.9. The number of phenols is 1. The first-order valence-corrected chi connectivity index (χ1v) is 12.2. The van der Waals surface area contributed by atoms with E-state index in [9.17, 15) is 24.9 Å². The SMILES string of the molecule is CC(C)=CCc1cc(C(=O)Nc2c(O)c3ccc(O[C@H]4CC(O)[C@H]5OC5(C)O4)c(C)c3oc2=O)ccc1O. The van der Waals surface area contributed by atoms with E-state index in [1.54, 1.807) is 19.9 Å². The highest BCUT2D eigenvalue weighted by atomic mass is 16.8. The number of ether oxygens (including phenoxy) is 3. The Kier molecular flexibility index (Phi) is 6.42. The number of aryl methyl sites for hydroxylation is 1. The fourth-order valence-electron chi connectivity index (χ4n) is 4.58. The number of nitrogens with one attached hydrogen (secondary N) is 1. The highest BCUT2D eigenvalue weighted by Gasteiger charge is 2.63. The predicted molar refractivity (Wildman–Crippen MR) is 137 cm³/mol. The van der Waals surface area contributed by atoms with E-state index >= 15 is 0 Å². The van der Waals surface area contributed by atoms with Gasteiger partial charge in [-0.2, -0.15) is 0 Å². The molecule has 2 fully saturated rings. The normalized spacial score (nSPS) is 24.0. The van der Waals surface area contributed by atoms with E-state index in [-0.39, 0.29) is 34.8 Å². The lowest BCUT2D eigenvalue weighted by atomic mass is 10.0. The van der Waals surface area contributed by atoms with Crippen molar-refractivity contribution in [2.45, 2.75) is 64.8 Å². The van der Waals surface area contributed by atoms with Crippen molar-refractivity contribution >= 4 is 22.6 Å². The maximum atomic E-state index is 12.9. The standard InChI is InChI=1S/C28H29NO9/c1-13(2)5-6-15-11-16(7-9-18(15)30)26(33)29-22-23(32)17-8-10-20(14(3)24(17)36-27(22)34)35-21-12-19(31)25-28(4,37-21)38-25/h5,7-11,19,21,25,30-32H,6,12H2,1-4H3,(H,29,33)/t19?,21-,25-,28?/m1/s1. The molecule has 38 heavy (non-hydrogen) atoms. The summed E-state index contributed by atoms with van der Waals surface area (Å²) in [6, 6.07) is 7.43. The molecule has 0 spiro atoms. The van der Waals surface area contributed by atoms with Crippen molar-refractivity contribution in [2.75, 3.05) is 5.32 Å². The first-order valence-electron chi connectivity index (χ1n) is 12.2. The minimum atomic E-state index is -0.946. The van der Waals surface area contributed by atoms with Crippen LogP contribution in [0, 0.1) is 6.92 Å². The molecule has 200 valence electrons. The number of allylic oxidation sites excluding steroid dienone is 2. The van der Waals surface area contributed by atoms with E-state index < -0.39 is 41.2 Å². The van der Waals surface area contributed by atoms with Crippen molar-refractivity contribution in [2.24, 2.45) is 0 Å². The van der Waals surface area contributed by atoms with Crippen molar-refractivity contribution in [1.29, 1.82) is 0 Å². The monoisotopic (exact) mass is 523 g/mol. The van der Waals surface area contributed by atoms with E-state index in [2.05, 4.69) is 5.32 Å². The summed E-state index contributed by atoms with van der Waals surface area (Å²) in [7, 11) is 0. The Labute approximate surface area is 218 Å². The molecule has 0 saturated carbocycles. The summed E-state index contributed by atoms with van der Waals surface area (Å²) in [4.78, 5) is 25.7. The zero-order valence-electron chi connectivity index (χ0n) is 21.4. The fraction of sp³-hybridized carbons (Fsp3) is 0.357. The largest absolute Gasteiger partial charge is 0.508 e. The highest BCUT2D eigenvalue weighted by Crippen LogP contribution is 2.46. The number of aromatic hydroxyl groups is 2. The average Bonchev–Trinajstić information content (AvgIpc) is 3.55. The third kappa shape index (κ3) is 4.73. The summed E-state index contributed by atoms with van der Waals surface area (Å²) in [5.74, 6) is -1.61. The lowest BCUT2D eigenvalue weighted by molar-refractivity contribution is -0.185. The second-order valence-corrected chi connectivity index (χ2v) is 9.98. The van der Waals surface area contributed by atoms with E-state index in [4.69, 9.17) is 18.6 Å². The van der Waals surface area contributed by atoms with Gasteiger partial charge in [-0.15, -0.1) is 0 Å². The molecular formula is C28H29NO9. The van der Waals surface area contributed by atoms with Crippen molar-refractivity contribution < 1.29 is 38.7 Å². The van der Waals surface area contributed by atoms with Gasteiger partial charge in [0.05, 0.1) is 11.5 Å². The van der Waals surface area contributed by atoms with Gasteiger partial charge < -0.3 is 39.3 Å². The van der Waals surface area contributed by atoms with Gasteiger partial charge in [0.15, 0.2) is 17.2 Å². The molecule has 1 aromatic heterocycles. The van der Waals surface area contributed by atoms with Crippen molar-refractivity contribution in [3.8, 4) is 17.2 Å². The minimum Gasteiger partial charge on any atom is -0.508 e. The minimum absolute atomic E-state index is 0.0485. The molecule has 10 heteroatoms. The molecule has 3 aromatic rings. The lowest BCUT2D eigenvalue weighted by Gasteiger charge is -2.28. The van der Waals surface area contributed by atoms with Crippen LogP contribution >= 0.6 is 0 Å². The first kappa shape index (κ1) is 25.8. The second kappa shape index (κ2) is 9.46. The topological polar surface area (TPSA) is 151 Å². The molecular weight excluding hydrogens is 494 g/mol. The molecule has 1 amide bonds. The Hall–Kier alpha value is -3.86. The van der Waals surface area contributed by atoms with E-state index in [0.717, 1.165) is 5.57 Å². The third-order valence-electron chi connectivity index (χ3n) is 6.79. The van der Waals surface area contributed by atoms with Crippen LogP contribution in [0.15, 0.2) is 51.2 Å². The number of carbonyl (C=O) groups excluding carboxylic acids is 1. The molecule has 2 aliphatic heterocycles. The average molecular weight is 524 g/mol. The highest BCUT2D eigenvalue weighted by molar-refractivity contribution is 6.06. The molecule has 2 aliphatic rings. The second-order valence-electron chi connectivity index (χ2n) is 9.98. The van der Waals surface area contributed by atoms with Crippen LogP contribution in [0.4, 0.5) is 5.69 Å². The third-order valence-corrected chi connectivity index (χ3v) is 6.79. The number of hydrogen-bond donors (Lipinski definition) is 4. The Morgan fingerprint density at radius 2 is 1.97 bits per heavy atom. The summed E-state index contributed by atoms with van der Waals surface area (Å²) in [6.07, 6.45) is 0.653. The van der Waals surface area contributed by atoms with Gasteiger partial charge in [-0.1, -0.05) is 11.6 Å². The van der Waals surface area contributed by atoms with Gasteiger partial charge in [0.25, 0.3) is 5.91 Å². The molecule has 3 heterocycles. The van der Waals surface area contributed by atoms with Crippen molar-refractivity contribution in [1.82, 2.24) is 0 Å². The molecule has 4 N–H and O–H groups in total. The zero-order chi connectivity index (χ0) is 27.4. The molecule has 2 aromatic carbocycles. The van der Waals surface area contributed by atoms with Crippen molar-refractivity contribution in [3.63, 3.8) is 0 Å². The van der Waals surface area contributed by atoms with Crippen LogP contribution in [-0.2, 0) is 15.9 Å². The number of aliphatic hydroxyl groups excluding tert-OH is 1. The van der Waals surface area contributed by atoms with E-state index in [1.807, 2.05) is 19.9 Å². The summed E-state index contributed by atoms with van der Waals surface area (Å²) in [6.45, 7) is 7.23. The molecule has 4 atom stereocenters. The Bertz CT molecular complexity index is 1520. The quantitative estimate of drug-likeness (QED) is 0.214. The summed E-state index contributed by atoms with van der Waals surface area (Å²) >= 11 is 0. The maximum Gasteiger partial charge on any atom is 0.364 e. The summed E-state index contributed by atoms with van der Waals surface area (Å²) in [5.41, 5.74) is 0.965. The number of carbonyl (C=O) groups is 1. The lowest BCUT2D eigenvalue weighted by Crippen LogP contribution is -2.41. The number of fused-ring (bicyclic) bond motifs is 2. The van der Waals surface area contributed by atoms with Crippen LogP contribution in [0.5, 0.6) is 17.2 Å². The molecule has 0 aliphatic carbocycles. The summed E-state index contributed by atoms with van der Waals surface area (Å²) < 4.78 is 22.6. The van der Waals surface area contributed by atoms with E-state index in [0.29, 0.717) is 23.3 Å². The Balaban J connectivity index is 1.40. The molecule has 2 unspecified atom stereocenters. The molecule has 0 radical (unpaired) electrons. The Morgan fingerprint density at radius 3 is 2.68 bits per heavy atom. The van der Waals surface area contributed by atoms with Gasteiger partial charge in [-0.25, -0.2) is 4.79 Å². The predicted octanol–water partition coefficient (Wildman–Crippen LogP) is 3.87. The van der Waals surface area contributed by atoms with Crippen LogP contribution < -0.4 is 15.7 Å².